The Bertz CT molecular complexity index is 951. The summed E-state index contributed by atoms with van der Waals surface area (Å²) in [6.07, 6.45) is 4.82. The van der Waals surface area contributed by atoms with Crippen molar-refractivity contribution < 1.29 is 4.79 Å². The van der Waals surface area contributed by atoms with E-state index in [-0.39, 0.29) is 11.9 Å². The number of fused-ring (bicyclic) bond motifs is 1. The van der Waals surface area contributed by atoms with Crippen molar-refractivity contribution in [3.63, 3.8) is 0 Å². The Morgan fingerprint density at radius 1 is 1.09 bits per heavy atom. The lowest BCUT2D eigenvalue weighted by Gasteiger charge is -2.22. The van der Waals surface area contributed by atoms with E-state index >= 15 is 0 Å². The van der Waals surface area contributed by atoms with Crippen LogP contribution in [0.5, 0.6) is 0 Å². The molecule has 1 saturated heterocycles. The van der Waals surface area contributed by atoms with Crippen LogP contribution in [0.3, 0.4) is 0 Å². The minimum Gasteiger partial charge on any atom is -0.372 e. The first-order valence-electron chi connectivity index (χ1n) is 11.9. The molecule has 2 N–H and O–H groups in total. The number of benzene rings is 2. The zero-order chi connectivity index (χ0) is 22.3. The van der Waals surface area contributed by atoms with Gasteiger partial charge >= 0.3 is 0 Å². The molecule has 1 unspecified atom stereocenters. The van der Waals surface area contributed by atoms with Gasteiger partial charge in [-0.3, -0.25) is 9.79 Å². The number of para-hydroxylation sites is 1. The van der Waals surface area contributed by atoms with Crippen LogP contribution >= 0.6 is 0 Å². The predicted molar refractivity (Wildman–Crippen MR) is 133 cm³/mol. The number of nitrogens with one attached hydrogen (secondary N) is 2. The topological polar surface area (TPSA) is 60.0 Å². The highest BCUT2D eigenvalue weighted by atomic mass is 16.2. The molecule has 32 heavy (non-hydrogen) atoms. The largest absolute Gasteiger partial charge is 0.372 e. The monoisotopic (exact) mass is 433 g/mol. The quantitative estimate of drug-likeness (QED) is 0.395. The van der Waals surface area contributed by atoms with Crippen molar-refractivity contribution in [3.05, 3.63) is 59.7 Å². The van der Waals surface area contributed by atoms with E-state index in [1.54, 1.807) is 7.05 Å². The molecule has 2 heterocycles. The van der Waals surface area contributed by atoms with Gasteiger partial charge in [0.15, 0.2) is 5.96 Å². The maximum atomic E-state index is 12.7. The fraction of sp³-hybridized carbons (Fsp3) is 0.462. The van der Waals surface area contributed by atoms with Gasteiger partial charge in [-0.15, -0.1) is 0 Å². The Morgan fingerprint density at radius 3 is 2.72 bits per heavy atom. The highest BCUT2D eigenvalue weighted by Gasteiger charge is 2.23. The average molecular weight is 434 g/mol. The number of aliphatic imine (C=N–C) groups is 1. The van der Waals surface area contributed by atoms with Crippen molar-refractivity contribution in [2.45, 2.75) is 45.1 Å². The van der Waals surface area contributed by atoms with Gasteiger partial charge < -0.3 is 20.4 Å². The second-order valence-electron chi connectivity index (χ2n) is 8.68. The molecular formula is C26H35N5O. The Labute approximate surface area is 191 Å². The maximum absolute atomic E-state index is 12.7. The van der Waals surface area contributed by atoms with Gasteiger partial charge in [0.25, 0.3) is 0 Å². The third-order valence-electron chi connectivity index (χ3n) is 6.47. The summed E-state index contributed by atoms with van der Waals surface area (Å²) in [5.41, 5.74) is 4.90. The minimum atomic E-state index is 0.145. The van der Waals surface area contributed by atoms with Crippen LogP contribution < -0.4 is 20.4 Å². The number of rotatable bonds is 7. The van der Waals surface area contributed by atoms with Crippen LogP contribution in [0.4, 0.5) is 11.4 Å². The molecular weight excluding hydrogens is 398 g/mol. The molecule has 0 spiro atoms. The van der Waals surface area contributed by atoms with Gasteiger partial charge in [-0.05, 0) is 61.9 Å². The molecule has 170 valence electrons. The molecule has 2 aliphatic heterocycles. The summed E-state index contributed by atoms with van der Waals surface area (Å²) in [6, 6.07) is 17.1. The lowest BCUT2D eigenvalue weighted by molar-refractivity contribution is -0.118. The van der Waals surface area contributed by atoms with Crippen molar-refractivity contribution in [1.29, 1.82) is 0 Å². The summed E-state index contributed by atoms with van der Waals surface area (Å²) < 4.78 is 0. The molecule has 2 aliphatic rings. The minimum absolute atomic E-state index is 0.145. The van der Waals surface area contributed by atoms with Gasteiger partial charge in [-0.1, -0.05) is 30.3 Å². The fourth-order valence-corrected chi connectivity index (χ4v) is 4.63. The van der Waals surface area contributed by atoms with Gasteiger partial charge in [0.1, 0.15) is 0 Å². The van der Waals surface area contributed by atoms with Crippen molar-refractivity contribution >= 4 is 23.2 Å². The van der Waals surface area contributed by atoms with Crippen LogP contribution in [0, 0.1) is 0 Å². The van der Waals surface area contributed by atoms with E-state index in [1.807, 2.05) is 23.1 Å². The molecule has 0 aromatic heterocycles. The highest BCUT2D eigenvalue weighted by Crippen LogP contribution is 2.28. The number of nitrogens with zero attached hydrogens (tertiary/aromatic N) is 3. The number of guanidine groups is 1. The van der Waals surface area contributed by atoms with E-state index in [2.05, 4.69) is 57.8 Å². The summed E-state index contributed by atoms with van der Waals surface area (Å²) in [5, 5.41) is 6.84. The molecule has 6 nitrogen and oxygen atoms in total. The summed E-state index contributed by atoms with van der Waals surface area (Å²) in [6.45, 7) is 5.96. The van der Waals surface area contributed by atoms with Crippen LogP contribution in [0.1, 0.15) is 49.8 Å². The molecule has 0 bridgehead atoms. The van der Waals surface area contributed by atoms with Crippen molar-refractivity contribution in [2.24, 2.45) is 4.99 Å². The maximum Gasteiger partial charge on any atom is 0.227 e. The summed E-state index contributed by atoms with van der Waals surface area (Å²) >= 11 is 0. The van der Waals surface area contributed by atoms with Gasteiger partial charge in [0, 0.05) is 51.0 Å². The molecule has 0 aliphatic carbocycles. The molecule has 6 heteroatoms. The number of hydrogen-bond acceptors (Lipinski definition) is 3. The number of hydrogen-bond donors (Lipinski definition) is 2. The SMILES string of the molecule is CN=C(NCCCC(=O)N1CCc2ccccc21)NC(C)c1cccc(N2CCCC2)c1. The normalized spacial score (nSPS) is 16.8. The van der Waals surface area contributed by atoms with E-state index in [0.717, 1.165) is 44.1 Å². The fourth-order valence-electron chi connectivity index (χ4n) is 4.63. The van der Waals surface area contributed by atoms with E-state index in [9.17, 15) is 4.79 Å². The van der Waals surface area contributed by atoms with Gasteiger partial charge in [0.05, 0.1) is 6.04 Å². The second-order valence-corrected chi connectivity index (χ2v) is 8.68. The highest BCUT2D eigenvalue weighted by molar-refractivity contribution is 5.95. The summed E-state index contributed by atoms with van der Waals surface area (Å²) in [7, 11) is 1.79. The Kier molecular flexibility index (Phi) is 7.30. The van der Waals surface area contributed by atoms with Crippen LogP contribution in [0.25, 0.3) is 0 Å². The van der Waals surface area contributed by atoms with Gasteiger partial charge in [-0.2, -0.15) is 0 Å². The molecule has 1 amide bonds. The van der Waals surface area contributed by atoms with Crippen LogP contribution in [-0.2, 0) is 11.2 Å². The van der Waals surface area contributed by atoms with E-state index in [1.165, 1.54) is 29.7 Å². The molecule has 1 atom stereocenters. The first-order valence-corrected chi connectivity index (χ1v) is 11.9. The molecule has 2 aromatic carbocycles. The first-order chi connectivity index (χ1) is 15.7. The molecule has 2 aromatic rings. The molecule has 4 rings (SSSR count). The Hall–Kier alpha value is -3.02. The van der Waals surface area contributed by atoms with Gasteiger partial charge in [0.2, 0.25) is 5.91 Å². The smallest absolute Gasteiger partial charge is 0.227 e. The summed E-state index contributed by atoms with van der Waals surface area (Å²) in [5.74, 6) is 0.967. The Balaban J connectivity index is 1.23. The summed E-state index contributed by atoms with van der Waals surface area (Å²) in [4.78, 5) is 21.4. The van der Waals surface area contributed by atoms with Crippen LogP contribution in [0.2, 0.25) is 0 Å². The number of amides is 1. The lowest BCUT2D eigenvalue weighted by atomic mass is 10.1. The second kappa shape index (κ2) is 10.5. The molecule has 1 fully saturated rings. The third kappa shape index (κ3) is 5.23. The number of anilines is 2. The zero-order valence-electron chi connectivity index (χ0n) is 19.3. The standard InChI is InChI=1S/C26H35N5O/c1-20(22-10-7-11-23(19-22)30-16-5-6-17-30)29-26(27-2)28-15-8-13-25(32)31-18-14-21-9-3-4-12-24(21)31/h3-4,7,9-12,19-20H,5-6,8,13-18H2,1-2H3,(H2,27,28,29). The predicted octanol–water partition coefficient (Wildman–Crippen LogP) is 3.88. The number of carbonyl (C=O) groups excluding carboxylic acids is 1. The van der Waals surface area contributed by atoms with E-state index < -0.39 is 0 Å². The first kappa shape index (κ1) is 22.2. The number of carbonyl (C=O) groups is 1. The molecule has 0 saturated carbocycles. The lowest BCUT2D eigenvalue weighted by Crippen LogP contribution is -2.39. The van der Waals surface area contributed by atoms with Crippen molar-refractivity contribution in [1.82, 2.24) is 10.6 Å². The Morgan fingerprint density at radius 2 is 1.91 bits per heavy atom. The van der Waals surface area contributed by atoms with E-state index in [4.69, 9.17) is 0 Å². The van der Waals surface area contributed by atoms with Crippen molar-refractivity contribution in [3.8, 4) is 0 Å². The van der Waals surface area contributed by atoms with Crippen molar-refractivity contribution in [2.75, 3.05) is 43.0 Å². The third-order valence-corrected chi connectivity index (χ3v) is 6.47. The van der Waals surface area contributed by atoms with Crippen LogP contribution in [0.15, 0.2) is 53.5 Å². The zero-order valence-corrected chi connectivity index (χ0v) is 19.3. The average Bonchev–Trinajstić information content (AvgIpc) is 3.51. The molecule has 0 radical (unpaired) electrons. The van der Waals surface area contributed by atoms with E-state index in [0.29, 0.717) is 13.0 Å². The van der Waals surface area contributed by atoms with Crippen LogP contribution in [-0.4, -0.2) is 45.1 Å². The van der Waals surface area contributed by atoms with Gasteiger partial charge in [-0.25, -0.2) is 0 Å².